The predicted molar refractivity (Wildman–Crippen MR) is 71.9 cm³/mol. The third kappa shape index (κ3) is 3.49. The Morgan fingerprint density at radius 3 is 2.94 bits per heavy atom. The highest BCUT2D eigenvalue weighted by Crippen LogP contribution is 2.17. The van der Waals surface area contributed by atoms with Gasteiger partial charge in [-0.2, -0.15) is 5.26 Å². The van der Waals surface area contributed by atoms with Crippen molar-refractivity contribution in [2.24, 2.45) is 10.7 Å². The van der Waals surface area contributed by atoms with Crippen LogP contribution in [-0.4, -0.2) is 12.0 Å². The van der Waals surface area contributed by atoms with Crippen molar-refractivity contribution < 1.29 is 0 Å². The molecule has 0 spiro atoms. The molecule has 0 unspecified atom stereocenters. The van der Waals surface area contributed by atoms with Crippen LogP contribution in [0.15, 0.2) is 29.3 Å². The van der Waals surface area contributed by atoms with E-state index in [2.05, 4.69) is 16.4 Å². The minimum absolute atomic E-state index is 0.485. The van der Waals surface area contributed by atoms with E-state index in [4.69, 9.17) is 11.0 Å². The topological polar surface area (TPSA) is 74.2 Å². The summed E-state index contributed by atoms with van der Waals surface area (Å²) in [5.74, 6) is 0.504. The molecule has 0 aliphatic heterocycles. The number of aliphatic imine (C=N–C) groups is 1. The van der Waals surface area contributed by atoms with Gasteiger partial charge in [0.15, 0.2) is 5.96 Å². The fraction of sp³-hybridized carbons (Fsp3) is 0.429. The molecule has 0 aromatic heterocycles. The Balaban J connectivity index is 1.90. The molecule has 3 N–H and O–H groups in total. The Morgan fingerprint density at radius 1 is 1.44 bits per heavy atom. The largest absolute Gasteiger partial charge is 0.370 e. The van der Waals surface area contributed by atoms with Gasteiger partial charge < -0.3 is 11.1 Å². The Labute approximate surface area is 108 Å². The Kier molecular flexibility index (Phi) is 4.19. The van der Waals surface area contributed by atoms with Crippen LogP contribution in [0.1, 0.15) is 36.8 Å². The number of nitrogens with zero attached hydrogens (tertiary/aromatic N) is 2. The van der Waals surface area contributed by atoms with Crippen molar-refractivity contribution in [2.75, 3.05) is 0 Å². The lowest BCUT2D eigenvalue weighted by Crippen LogP contribution is -2.38. The molecule has 0 radical (unpaired) electrons. The summed E-state index contributed by atoms with van der Waals surface area (Å²) in [5.41, 5.74) is 7.51. The summed E-state index contributed by atoms with van der Waals surface area (Å²) in [6, 6.07) is 10.0. The van der Waals surface area contributed by atoms with Gasteiger partial charge in [-0.05, 0) is 30.5 Å². The predicted octanol–water partition coefficient (Wildman–Crippen LogP) is 1.91. The van der Waals surface area contributed by atoms with Gasteiger partial charge in [0.2, 0.25) is 0 Å². The van der Waals surface area contributed by atoms with E-state index < -0.39 is 0 Å². The van der Waals surface area contributed by atoms with E-state index in [1.54, 1.807) is 6.07 Å². The second kappa shape index (κ2) is 6.06. The molecule has 0 amide bonds. The van der Waals surface area contributed by atoms with Gasteiger partial charge in [-0.15, -0.1) is 0 Å². The molecule has 0 bridgehead atoms. The van der Waals surface area contributed by atoms with E-state index >= 15 is 0 Å². The number of hydrogen-bond acceptors (Lipinski definition) is 2. The molecule has 1 aromatic rings. The summed E-state index contributed by atoms with van der Waals surface area (Å²) in [7, 11) is 0. The molecule has 4 heteroatoms. The van der Waals surface area contributed by atoms with Crippen LogP contribution >= 0.6 is 0 Å². The lowest BCUT2D eigenvalue weighted by molar-refractivity contribution is 0.625. The number of rotatable bonds is 3. The summed E-state index contributed by atoms with van der Waals surface area (Å²) in [4.78, 5) is 4.31. The van der Waals surface area contributed by atoms with Gasteiger partial charge in [0, 0.05) is 6.04 Å². The van der Waals surface area contributed by atoms with Crippen molar-refractivity contribution in [3.8, 4) is 6.07 Å². The van der Waals surface area contributed by atoms with Crippen LogP contribution in [-0.2, 0) is 6.54 Å². The lowest BCUT2D eigenvalue weighted by atomic mass is 10.1. The normalized spacial score (nSPS) is 16.5. The van der Waals surface area contributed by atoms with Crippen LogP contribution in [0.3, 0.4) is 0 Å². The second-order valence-corrected chi connectivity index (χ2v) is 4.64. The highest BCUT2D eigenvalue weighted by Gasteiger charge is 2.14. The van der Waals surface area contributed by atoms with Gasteiger partial charge >= 0.3 is 0 Å². The number of guanidine groups is 1. The van der Waals surface area contributed by atoms with Gasteiger partial charge in [0.05, 0.1) is 18.2 Å². The molecule has 1 aliphatic rings. The van der Waals surface area contributed by atoms with Gasteiger partial charge in [0.1, 0.15) is 0 Å². The van der Waals surface area contributed by atoms with E-state index in [-0.39, 0.29) is 0 Å². The minimum Gasteiger partial charge on any atom is -0.370 e. The molecule has 1 aromatic carbocycles. The van der Waals surface area contributed by atoms with Crippen LogP contribution in [0, 0.1) is 11.3 Å². The smallest absolute Gasteiger partial charge is 0.189 e. The number of nitriles is 1. The first-order chi connectivity index (χ1) is 8.78. The molecular weight excluding hydrogens is 224 g/mol. The average Bonchev–Trinajstić information content (AvgIpc) is 2.89. The lowest BCUT2D eigenvalue weighted by Gasteiger charge is -2.12. The van der Waals surface area contributed by atoms with E-state index in [0.717, 1.165) is 5.56 Å². The van der Waals surface area contributed by atoms with Gasteiger partial charge in [-0.3, -0.25) is 0 Å². The maximum absolute atomic E-state index is 8.81. The SMILES string of the molecule is N#Cc1cccc(CN=C(N)NC2CCCC2)c1. The van der Waals surface area contributed by atoms with Crippen molar-refractivity contribution in [3.63, 3.8) is 0 Å². The molecule has 2 rings (SSSR count). The average molecular weight is 242 g/mol. The van der Waals surface area contributed by atoms with Gasteiger partial charge in [-0.1, -0.05) is 25.0 Å². The first kappa shape index (κ1) is 12.4. The minimum atomic E-state index is 0.485. The standard InChI is InChI=1S/C14H18N4/c15-9-11-4-3-5-12(8-11)10-17-14(16)18-13-6-1-2-7-13/h3-5,8,13H,1-2,6-7,10H2,(H3,16,17,18). The van der Waals surface area contributed by atoms with Crippen LogP contribution in [0.5, 0.6) is 0 Å². The van der Waals surface area contributed by atoms with Gasteiger partial charge in [0.25, 0.3) is 0 Å². The van der Waals surface area contributed by atoms with E-state index in [0.29, 0.717) is 24.1 Å². The van der Waals surface area contributed by atoms with E-state index in [9.17, 15) is 0 Å². The number of hydrogen-bond donors (Lipinski definition) is 2. The first-order valence-electron chi connectivity index (χ1n) is 6.33. The third-order valence-electron chi connectivity index (χ3n) is 3.20. The Hall–Kier alpha value is -2.02. The number of nitrogens with one attached hydrogen (secondary N) is 1. The zero-order valence-corrected chi connectivity index (χ0v) is 10.4. The number of benzene rings is 1. The van der Waals surface area contributed by atoms with Crippen LogP contribution < -0.4 is 11.1 Å². The molecule has 0 saturated heterocycles. The van der Waals surface area contributed by atoms with Crippen molar-refractivity contribution in [2.45, 2.75) is 38.3 Å². The maximum atomic E-state index is 8.81. The van der Waals surface area contributed by atoms with Crippen LogP contribution in [0.2, 0.25) is 0 Å². The summed E-state index contributed by atoms with van der Waals surface area (Å²) < 4.78 is 0. The Morgan fingerprint density at radius 2 is 2.22 bits per heavy atom. The van der Waals surface area contributed by atoms with E-state index in [1.165, 1.54) is 25.7 Å². The fourth-order valence-electron chi connectivity index (χ4n) is 2.24. The molecule has 4 nitrogen and oxygen atoms in total. The first-order valence-corrected chi connectivity index (χ1v) is 6.33. The Bertz CT molecular complexity index is 467. The summed E-state index contributed by atoms with van der Waals surface area (Å²) >= 11 is 0. The summed E-state index contributed by atoms with van der Waals surface area (Å²) in [6.45, 7) is 0.515. The summed E-state index contributed by atoms with van der Waals surface area (Å²) in [5, 5.41) is 12.0. The van der Waals surface area contributed by atoms with Crippen LogP contribution in [0.4, 0.5) is 0 Å². The molecule has 18 heavy (non-hydrogen) atoms. The second-order valence-electron chi connectivity index (χ2n) is 4.64. The zero-order valence-electron chi connectivity index (χ0n) is 10.4. The van der Waals surface area contributed by atoms with E-state index in [1.807, 2.05) is 18.2 Å². The van der Waals surface area contributed by atoms with Crippen molar-refractivity contribution in [1.82, 2.24) is 5.32 Å². The van der Waals surface area contributed by atoms with Crippen LogP contribution in [0.25, 0.3) is 0 Å². The highest BCUT2D eigenvalue weighted by atomic mass is 15.1. The quantitative estimate of drug-likeness (QED) is 0.628. The highest BCUT2D eigenvalue weighted by molar-refractivity contribution is 5.78. The van der Waals surface area contributed by atoms with Crippen molar-refractivity contribution in [3.05, 3.63) is 35.4 Å². The molecule has 1 saturated carbocycles. The molecule has 94 valence electrons. The number of nitrogens with two attached hydrogens (primary N) is 1. The monoisotopic (exact) mass is 242 g/mol. The fourth-order valence-corrected chi connectivity index (χ4v) is 2.24. The zero-order chi connectivity index (χ0) is 12.8. The summed E-state index contributed by atoms with van der Waals surface area (Å²) in [6.07, 6.45) is 4.91. The molecule has 0 heterocycles. The maximum Gasteiger partial charge on any atom is 0.189 e. The van der Waals surface area contributed by atoms with Crippen molar-refractivity contribution in [1.29, 1.82) is 5.26 Å². The van der Waals surface area contributed by atoms with Crippen molar-refractivity contribution >= 4 is 5.96 Å². The molecular formula is C14H18N4. The molecule has 1 fully saturated rings. The molecule has 0 atom stereocenters. The molecule has 1 aliphatic carbocycles. The van der Waals surface area contributed by atoms with Gasteiger partial charge in [-0.25, -0.2) is 4.99 Å². The third-order valence-corrected chi connectivity index (χ3v) is 3.20.